The Hall–Kier alpha value is 0.255. The second-order valence-corrected chi connectivity index (χ2v) is 11.3. The number of fused-ring (bicyclic) bond motifs is 3. The average molecular weight is 377 g/mol. The molecule has 0 saturated heterocycles. The van der Waals surface area contributed by atoms with Crippen molar-refractivity contribution in [3.8, 4) is 0 Å². The van der Waals surface area contributed by atoms with Gasteiger partial charge in [-0.15, -0.1) is 0 Å². The van der Waals surface area contributed by atoms with Crippen molar-refractivity contribution in [1.82, 2.24) is 5.65 Å². The molecule has 0 spiro atoms. The van der Waals surface area contributed by atoms with E-state index in [9.17, 15) is 0 Å². The van der Waals surface area contributed by atoms with Gasteiger partial charge in [0.15, 0.2) is 0 Å². The van der Waals surface area contributed by atoms with Crippen molar-refractivity contribution in [2.24, 2.45) is 7.05 Å². The summed E-state index contributed by atoms with van der Waals surface area (Å²) in [5.74, 6) is 0. The van der Waals surface area contributed by atoms with Gasteiger partial charge in [-0.1, -0.05) is 0 Å². The van der Waals surface area contributed by atoms with E-state index in [1.807, 2.05) is 0 Å². The van der Waals surface area contributed by atoms with E-state index in [-0.39, 0.29) is 21.5 Å². The fourth-order valence-electron chi connectivity index (χ4n) is 2.60. The zero-order valence-corrected chi connectivity index (χ0v) is 14.7. The fourth-order valence-corrected chi connectivity index (χ4v) is 5.94. The molecule has 0 N–H and O–H groups in total. The number of hydrogen-bond donors (Lipinski definition) is 0. The summed E-state index contributed by atoms with van der Waals surface area (Å²) in [6.07, 6.45) is 4.81. The number of allylic oxidation sites excluding steroid dienone is 1. The van der Waals surface area contributed by atoms with Gasteiger partial charge in [0.25, 0.3) is 0 Å². The number of nitrogens with zero attached hydrogens (tertiary/aromatic N) is 2. The first-order valence-corrected chi connectivity index (χ1v) is 8.96. The topological polar surface area (TPSA) is 8.17 Å². The molecule has 3 rings (SSSR count). The summed E-state index contributed by atoms with van der Waals surface area (Å²) >= 11 is 5.48. The second-order valence-electron chi connectivity index (χ2n) is 4.46. The van der Waals surface area contributed by atoms with Crippen LogP contribution in [0.15, 0.2) is 27.8 Å². The summed E-state index contributed by atoms with van der Waals surface area (Å²) in [7, 11) is 2.18. The minimum atomic E-state index is -0.0178. The molecular weight excluding hydrogens is 365 g/mol. The van der Waals surface area contributed by atoms with Crippen molar-refractivity contribution in [2.75, 3.05) is 0 Å². The van der Waals surface area contributed by atoms with Crippen LogP contribution in [0.2, 0.25) is 0 Å². The van der Waals surface area contributed by atoms with Crippen LogP contribution < -0.4 is 21.5 Å². The van der Waals surface area contributed by atoms with Crippen LogP contribution in [-0.2, 0) is 13.5 Å². The Labute approximate surface area is 135 Å². The molecule has 1 aromatic carbocycles. The molecule has 0 aliphatic heterocycles. The number of aryl methyl sites for hydroxylation is 2. The van der Waals surface area contributed by atoms with Crippen LogP contribution in [0.1, 0.15) is 17.7 Å². The monoisotopic (exact) mass is 377 g/mol. The zero-order chi connectivity index (χ0) is 12.7. The van der Waals surface area contributed by atoms with Gasteiger partial charge >= 0.3 is 136 Å². The molecule has 5 heteroatoms. The minimum absolute atomic E-state index is 0.0178. The maximum atomic E-state index is 2.75. The van der Waals surface area contributed by atoms with Gasteiger partial charge in [-0.3, -0.25) is 0 Å². The third-order valence-corrected chi connectivity index (χ3v) is 6.71. The molecule has 0 bridgehead atoms. The van der Waals surface area contributed by atoms with Crippen molar-refractivity contribution in [3.05, 3.63) is 39.1 Å². The fraction of sp³-hybridized carbons (Fsp3) is 0.231. The quantitative estimate of drug-likeness (QED) is 0.368. The molecule has 18 heavy (non-hydrogen) atoms. The number of rotatable bonds is 2. The van der Waals surface area contributed by atoms with Crippen molar-refractivity contribution < 1.29 is 21.5 Å². The van der Waals surface area contributed by atoms with E-state index in [1.54, 1.807) is 3.58 Å². The summed E-state index contributed by atoms with van der Waals surface area (Å²) in [5.41, 5.74) is 4.29. The average Bonchev–Trinajstić information content (AvgIpc) is 2.63. The summed E-state index contributed by atoms with van der Waals surface area (Å²) in [4.78, 5) is 0. The standard InChI is InChI=1S/C13H12IN2.2Al/c1-16-12-5-3-2-4-10(12)11-7-6-9(14-15)8-13(11)16;;/h2-5,8H,6-7H2,1H3;;/q-1;;. The zero-order valence-electron chi connectivity index (χ0n) is 10.2. The van der Waals surface area contributed by atoms with Gasteiger partial charge in [-0.05, 0) is 0 Å². The maximum absolute atomic E-state index is 2.75. The summed E-state index contributed by atoms with van der Waals surface area (Å²) in [5, 5.41) is 1.43. The molecule has 88 valence electrons. The number of benzene rings is 1. The molecule has 0 atom stereocenters. The number of para-hydroxylation sites is 1. The van der Waals surface area contributed by atoms with Gasteiger partial charge in [0.2, 0.25) is 0 Å². The van der Waals surface area contributed by atoms with Crippen molar-refractivity contribution in [1.29, 1.82) is 0 Å². The van der Waals surface area contributed by atoms with Crippen LogP contribution in [0.5, 0.6) is 0 Å². The molecule has 1 heterocycles. The summed E-state index contributed by atoms with van der Waals surface area (Å²) in [6, 6.07) is 8.73. The molecule has 1 aliphatic carbocycles. The van der Waals surface area contributed by atoms with Crippen LogP contribution in [0, 0.1) is 0 Å². The van der Waals surface area contributed by atoms with Gasteiger partial charge in [-0.2, -0.15) is 0 Å². The Kier molecular flexibility index (Phi) is 3.92. The van der Waals surface area contributed by atoms with Gasteiger partial charge in [0, 0.05) is 0 Å². The summed E-state index contributed by atoms with van der Waals surface area (Å²) in [6.45, 7) is 0. The van der Waals surface area contributed by atoms with Gasteiger partial charge in [-0.25, -0.2) is 0 Å². The number of halogens is 1. The van der Waals surface area contributed by atoms with Crippen LogP contribution in [0.25, 0.3) is 17.0 Å². The number of hydrogen-bond acceptors (Lipinski definition) is 1. The normalized spacial score (nSPS) is 15.1. The van der Waals surface area contributed by atoms with Crippen LogP contribution in [-0.4, -0.2) is 38.7 Å². The molecule has 0 unspecified atom stereocenters. The van der Waals surface area contributed by atoms with E-state index >= 15 is 0 Å². The SMILES string of the molecule is Cn1c2c(c3ccccc31)CCC([I-][N]([Al])[Al])=C2. The predicted molar refractivity (Wildman–Crippen MR) is 72.6 cm³/mol. The van der Waals surface area contributed by atoms with Gasteiger partial charge in [0.1, 0.15) is 0 Å². The van der Waals surface area contributed by atoms with Crippen LogP contribution in [0.3, 0.4) is 0 Å². The van der Waals surface area contributed by atoms with Gasteiger partial charge < -0.3 is 0 Å². The van der Waals surface area contributed by atoms with Crippen LogP contribution in [0.4, 0.5) is 0 Å². The third-order valence-electron chi connectivity index (χ3n) is 3.37. The van der Waals surface area contributed by atoms with Crippen molar-refractivity contribution in [3.63, 3.8) is 0 Å². The molecular formula is C13H12Al2IN2-. The second kappa shape index (κ2) is 5.33. The van der Waals surface area contributed by atoms with E-state index in [2.05, 4.69) is 76.1 Å². The Morgan fingerprint density at radius 1 is 1.22 bits per heavy atom. The molecule has 0 fully saturated rings. The first kappa shape index (κ1) is 13.2. The molecule has 1 aliphatic rings. The number of aromatic nitrogens is 1. The predicted octanol–water partition coefficient (Wildman–Crippen LogP) is -1.06. The molecule has 2 aromatic rings. The van der Waals surface area contributed by atoms with E-state index in [1.165, 1.54) is 35.0 Å². The molecule has 0 saturated carbocycles. The van der Waals surface area contributed by atoms with Crippen LogP contribution >= 0.6 is 0 Å². The first-order chi connectivity index (χ1) is 8.66. The molecule has 1 aromatic heterocycles. The first-order valence-electron chi connectivity index (χ1n) is 5.88. The molecule has 2 nitrogen and oxygen atoms in total. The Bertz CT molecular complexity index is 631. The van der Waals surface area contributed by atoms with Gasteiger partial charge in [0.05, 0.1) is 0 Å². The Morgan fingerprint density at radius 2 is 2.00 bits per heavy atom. The van der Waals surface area contributed by atoms with E-state index in [4.69, 9.17) is 0 Å². The van der Waals surface area contributed by atoms with Crippen molar-refractivity contribution in [2.45, 2.75) is 12.8 Å². The Balaban J connectivity index is 2.14. The van der Waals surface area contributed by atoms with Crippen molar-refractivity contribution >= 4 is 50.0 Å². The third kappa shape index (κ3) is 2.33. The van der Waals surface area contributed by atoms with E-state index < -0.39 is 0 Å². The van der Waals surface area contributed by atoms with E-state index in [0.29, 0.717) is 0 Å². The van der Waals surface area contributed by atoms with E-state index in [0.717, 1.165) is 0 Å². The Morgan fingerprint density at radius 3 is 2.78 bits per heavy atom. The summed E-state index contributed by atoms with van der Waals surface area (Å²) < 4.78 is 6.14. The molecule has 4 radical (unpaired) electrons. The molecule has 0 amide bonds.